The predicted molar refractivity (Wildman–Crippen MR) is 68.6 cm³/mol. The van der Waals surface area contributed by atoms with Crippen LogP contribution in [0.25, 0.3) is 0 Å². The van der Waals surface area contributed by atoms with Crippen LogP contribution in [0.5, 0.6) is 6.01 Å². The van der Waals surface area contributed by atoms with Crippen molar-refractivity contribution in [3.63, 3.8) is 0 Å². The summed E-state index contributed by atoms with van der Waals surface area (Å²) >= 11 is 5.78. The van der Waals surface area contributed by atoms with E-state index in [4.69, 9.17) is 16.3 Å². The van der Waals surface area contributed by atoms with Crippen LogP contribution in [0.2, 0.25) is 5.28 Å². The summed E-state index contributed by atoms with van der Waals surface area (Å²) in [7, 11) is 0. The SMILES string of the molecule is CCCC(C)COc1nc(Cl)nc(NCC)n1. The topological polar surface area (TPSA) is 59.9 Å². The molecule has 0 aliphatic rings. The standard InChI is InChI=1S/C11H19ClN4O/c1-4-6-8(3)7-17-11-15-9(12)14-10(16-11)13-5-2/h8H,4-7H2,1-3H3,(H,13,14,15,16). The molecule has 0 saturated heterocycles. The molecule has 0 aromatic carbocycles. The maximum absolute atomic E-state index is 5.78. The molecule has 0 saturated carbocycles. The molecule has 1 rings (SSSR count). The van der Waals surface area contributed by atoms with Gasteiger partial charge in [0.2, 0.25) is 11.2 Å². The fraction of sp³-hybridized carbons (Fsp3) is 0.727. The van der Waals surface area contributed by atoms with Crippen molar-refractivity contribution < 1.29 is 4.74 Å². The van der Waals surface area contributed by atoms with Gasteiger partial charge in [-0.25, -0.2) is 0 Å². The molecule has 0 aliphatic carbocycles. The van der Waals surface area contributed by atoms with Gasteiger partial charge in [-0.1, -0.05) is 20.3 Å². The first-order valence-electron chi connectivity index (χ1n) is 5.94. The molecule has 0 amide bonds. The Morgan fingerprint density at radius 1 is 1.29 bits per heavy atom. The Hall–Kier alpha value is -1.10. The second-order valence-corrected chi connectivity index (χ2v) is 4.28. The van der Waals surface area contributed by atoms with Gasteiger partial charge < -0.3 is 10.1 Å². The Bertz CT molecular complexity index is 348. The Morgan fingerprint density at radius 2 is 2.06 bits per heavy atom. The summed E-state index contributed by atoms with van der Waals surface area (Å²) < 4.78 is 5.50. The van der Waals surface area contributed by atoms with Crippen molar-refractivity contribution in [3.8, 4) is 6.01 Å². The second-order valence-electron chi connectivity index (χ2n) is 3.95. The largest absolute Gasteiger partial charge is 0.463 e. The molecule has 0 radical (unpaired) electrons. The molecular formula is C11H19ClN4O. The van der Waals surface area contributed by atoms with Crippen molar-refractivity contribution in [1.82, 2.24) is 15.0 Å². The molecule has 0 aliphatic heterocycles. The van der Waals surface area contributed by atoms with E-state index in [1.807, 2.05) is 6.92 Å². The van der Waals surface area contributed by atoms with Crippen LogP contribution in [0, 0.1) is 5.92 Å². The maximum atomic E-state index is 5.78. The predicted octanol–water partition coefficient (Wildman–Crippen LogP) is 2.77. The highest BCUT2D eigenvalue weighted by Gasteiger charge is 2.07. The van der Waals surface area contributed by atoms with E-state index in [2.05, 4.69) is 34.1 Å². The van der Waals surface area contributed by atoms with E-state index >= 15 is 0 Å². The molecule has 0 fully saturated rings. The molecule has 17 heavy (non-hydrogen) atoms. The molecular weight excluding hydrogens is 240 g/mol. The van der Waals surface area contributed by atoms with E-state index in [0.29, 0.717) is 18.5 Å². The van der Waals surface area contributed by atoms with Crippen LogP contribution < -0.4 is 10.1 Å². The van der Waals surface area contributed by atoms with Crippen LogP contribution in [0.15, 0.2) is 0 Å². The third-order valence-corrected chi connectivity index (χ3v) is 2.37. The Kier molecular flexibility index (Phi) is 5.97. The lowest BCUT2D eigenvalue weighted by Crippen LogP contribution is -2.12. The monoisotopic (exact) mass is 258 g/mol. The molecule has 1 aromatic rings. The lowest BCUT2D eigenvalue weighted by atomic mass is 10.1. The van der Waals surface area contributed by atoms with Crippen molar-refractivity contribution in [1.29, 1.82) is 0 Å². The minimum atomic E-state index is 0.147. The van der Waals surface area contributed by atoms with Gasteiger partial charge in [-0.05, 0) is 30.9 Å². The molecule has 6 heteroatoms. The number of anilines is 1. The first-order valence-corrected chi connectivity index (χ1v) is 6.31. The van der Waals surface area contributed by atoms with Crippen LogP contribution in [0.3, 0.4) is 0 Å². The van der Waals surface area contributed by atoms with Gasteiger partial charge in [-0.3, -0.25) is 0 Å². The summed E-state index contributed by atoms with van der Waals surface area (Å²) in [5, 5.41) is 3.12. The molecule has 5 nitrogen and oxygen atoms in total. The number of rotatable bonds is 7. The molecule has 1 heterocycles. The van der Waals surface area contributed by atoms with Crippen molar-refractivity contribution in [2.45, 2.75) is 33.6 Å². The van der Waals surface area contributed by atoms with Gasteiger partial charge in [0.15, 0.2) is 0 Å². The number of hydrogen-bond donors (Lipinski definition) is 1. The normalized spacial score (nSPS) is 12.2. The van der Waals surface area contributed by atoms with E-state index in [1.165, 1.54) is 0 Å². The van der Waals surface area contributed by atoms with Crippen molar-refractivity contribution >= 4 is 17.5 Å². The summed E-state index contributed by atoms with van der Waals surface area (Å²) in [6.45, 7) is 7.57. The van der Waals surface area contributed by atoms with Gasteiger partial charge in [-0.15, -0.1) is 0 Å². The summed E-state index contributed by atoms with van der Waals surface area (Å²) in [6, 6.07) is 0.281. The van der Waals surface area contributed by atoms with Crippen LogP contribution in [0.4, 0.5) is 5.95 Å². The van der Waals surface area contributed by atoms with Gasteiger partial charge in [0.25, 0.3) is 0 Å². The Morgan fingerprint density at radius 3 is 2.71 bits per heavy atom. The average molecular weight is 259 g/mol. The van der Waals surface area contributed by atoms with E-state index in [-0.39, 0.29) is 11.3 Å². The van der Waals surface area contributed by atoms with Crippen LogP contribution in [0.1, 0.15) is 33.6 Å². The molecule has 1 aromatic heterocycles. The first-order chi connectivity index (χ1) is 8.15. The first kappa shape index (κ1) is 14.0. The highest BCUT2D eigenvalue weighted by atomic mass is 35.5. The van der Waals surface area contributed by atoms with Crippen LogP contribution >= 0.6 is 11.6 Å². The Balaban J connectivity index is 2.57. The summed E-state index contributed by atoms with van der Waals surface area (Å²) in [6.07, 6.45) is 2.27. The molecule has 1 atom stereocenters. The smallest absolute Gasteiger partial charge is 0.322 e. The fourth-order valence-electron chi connectivity index (χ4n) is 1.43. The number of halogens is 1. The van der Waals surface area contributed by atoms with Gasteiger partial charge >= 0.3 is 6.01 Å². The quantitative estimate of drug-likeness (QED) is 0.815. The van der Waals surface area contributed by atoms with Gasteiger partial charge in [-0.2, -0.15) is 15.0 Å². The summed E-state index contributed by atoms with van der Waals surface area (Å²) in [5.41, 5.74) is 0. The molecule has 96 valence electrons. The highest BCUT2D eigenvalue weighted by molar-refractivity contribution is 6.28. The van der Waals surface area contributed by atoms with Gasteiger partial charge in [0.05, 0.1) is 6.61 Å². The lowest BCUT2D eigenvalue weighted by Gasteiger charge is -2.11. The highest BCUT2D eigenvalue weighted by Crippen LogP contribution is 2.13. The van der Waals surface area contributed by atoms with Crippen molar-refractivity contribution in [3.05, 3.63) is 5.28 Å². The second kappa shape index (κ2) is 7.27. The molecule has 0 spiro atoms. The third-order valence-electron chi connectivity index (χ3n) is 2.20. The maximum Gasteiger partial charge on any atom is 0.322 e. The van der Waals surface area contributed by atoms with E-state index in [1.54, 1.807) is 0 Å². The van der Waals surface area contributed by atoms with Gasteiger partial charge in [0.1, 0.15) is 0 Å². The average Bonchev–Trinajstić information content (AvgIpc) is 2.26. The van der Waals surface area contributed by atoms with Crippen molar-refractivity contribution in [2.75, 3.05) is 18.5 Å². The number of nitrogens with one attached hydrogen (secondary N) is 1. The fourth-order valence-corrected chi connectivity index (χ4v) is 1.58. The molecule has 0 bridgehead atoms. The van der Waals surface area contributed by atoms with E-state index in [0.717, 1.165) is 19.4 Å². The zero-order chi connectivity index (χ0) is 12.7. The number of hydrogen-bond acceptors (Lipinski definition) is 5. The number of aromatic nitrogens is 3. The lowest BCUT2D eigenvalue weighted by molar-refractivity contribution is 0.233. The zero-order valence-electron chi connectivity index (χ0n) is 10.5. The third kappa shape index (κ3) is 5.17. The van der Waals surface area contributed by atoms with Crippen molar-refractivity contribution in [2.24, 2.45) is 5.92 Å². The van der Waals surface area contributed by atoms with E-state index in [9.17, 15) is 0 Å². The van der Waals surface area contributed by atoms with Crippen LogP contribution in [-0.2, 0) is 0 Å². The van der Waals surface area contributed by atoms with Gasteiger partial charge in [0, 0.05) is 6.54 Å². The summed E-state index contributed by atoms with van der Waals surface area (Å²) in [4.78, 5) is 12.0. The van der Waals surface area contributed by atoms with E-state index < -0.39 is 0 Å². The van der Waals surface area contributed by atoms with Crippen LogP contribution in [-0.4, -0.2) is 28.1 Å². The molecule has 1 N–H and O–H groups in total. The zero-order valence-corrected chi connectivity index (χ0v) is 11.3. The summed E-state index contributed by atoms with van der Waals surface area (Å²) in [5.74, 6) is 0.934. The minimum absolute atomic E-state index is 0.147. The number of ether oxygens (including phenoxy) is 1. The minimum Gasteiger partial charge on any atom is -0.463 e. The number of nitrogens with zero attached hydrogens (tertiary/aromatic N) is 3. The molecule has 1 unspecified atom stereocenters. The Labute approximate surface area is 107 Å².